The van der Waals surface area contributed by atoms with Gasteiger partial charge >= 0.3 is 12.2 Å². The van der Waals surface area contributed by atoms with Crippen LogP contribution in [0.15, 0.2) is 30.3 Å². The van der Waals surface area contributed by atoms with E-state index in [0.29, 0.717) is 32.5 Å². The van der Waals surface area contributed by atoms with Crippen LogP contribution in [-0.4, -0.2) is 47.9 Å². The van der Waals surface area contributed by atoms with Crippen molar-refractivity contribution in [2.75, 3.05) is 19.6 Å². The quantitative estimate of drug-likeness (QED) is 0.858. The number of hydrogen-bond acceptors (Lipinski definition) is 5. The fraction of sp³-hybridized carbons (Fsp3) is 0.579. The monoisotopic (exact) mass is 363 g/mol. The summed E-state index contributed by atoms with van der Waals surface area (Å²) in [6, 6.07) is 9.48. The molecular formula is C19H29N3O4. The lowest BCUT2D eigenvalue weighted by Crippen LogP contribution is -2.57. The van der Waals surface area contributed by atoms with E-state index in [-0.39, 0.29) is 12.7 Å². The largest absolute Gasteiger partial charge is 0.445 e. The van der Waals surface area contributed by atoms with Crippen molar-refractivity contribution in [2.24, 2.45) is 5.73 Å². The topological polar surface area (TPSA) is 93.9 Å². The van der Waals surface area contributed by atoms with Crippen molar-refractivity contribution in [3.63, 3.8) is 0 Å². The highest BCUT2D eigenvalue weighted by atomic mass is 16.6. The van der Waals surface area contributed by atoms with Crippen molar-refractivity contribution in [1.82, 2.24) is 10.2 Å². The fourth-order valence-corrected chi connectivity index (χ4v) is 2.66. The summed E-state index contributed by atoms with van der Waals surface area (Å²) in [4.78, 5) is 25.6. The van der Waals surface area contributed by atoms with E-state index in [1.807, 2.05) is 51.1 Å². The van der Waals surface area contributed by atoms with Crippen LogP contribution in [0.1, 0.15) is 39.2 Å². The van der Waals surface area contributed by atoms with E-state index < -0.39 is 17.2 Å². The van der Waals surface area contributed by atoms with Gasteiger partial charge < -0.3 is 25.4 Å². The first-order valence-electron chi connectivity index (χ1n) is 8.88. The molecule has 2 rings (SSSR count). The van der Waals surface area contributed by atoms with Crippen LogP contribution < -0.4 is 11.1 Å². The van der Waals surface area contributed by atoms with E-state index in [1.54, 1.807) is 4.90 Å². The molecule has 0 saturated carbocycles. The highest BCUT2D eigenvalue weighted by Crippen LogP contribution is 2.21. The number of carbonyl (C=O) groups is 2. The molecule has 0 radical (unpaired) electrons. The van der Waals surface area contributed by atoms with Crippen LogP contribution in [0.25, 0.3) is 0 Å². The number of piperidine rings is 1. The molecule has 0 aliphatic carbocycles. The summed E-state index contributed by atoms with van der Waals surface area (Å²) >= 11 is 0. The standard InChI is InChI=1S/C19H29N3O4/c1-18(2,3)26-17(24)22-11-9-19(20,10-12-22)14-21-16(23)25-13-15-7-5-4-6-8-15/h4-8H,9-14,20H2,1-3H3,(H,21,23). The molecule has 7 heteroatoms. The molecule has 7 nitrogen and oxygen atoms in total. The van der Waals surface area contributed by atoms with Gasteiger partial charge in [0.1, 0.15) is 12.2 Å². The van der Waals surface area contributed by atoms with Gasteiger partial charge in [-0.2, -0.15) is 0 Å². The summed E-state index contributed by atoms with van der Waals surface area (Å²) in [6.45, 7) is 7.06. The number of rotatable bonds is 4. The summed E-state index contributed by atoms with van der Waals surface area (Å²) in [5.41, 5.74) is 6.22. The van der Waals surface area contributed by atoms with Crippen LogP contribution >= 0.6 is 0 Å². The molecule has 1 heterocycles. The first kappa shape index (κ1) is 20.0. The van der Waals surface area contributed by atoms with Crippen molar-refractivity contribution in [1.29, 1.82) is 0 Å². The number of hydrogen-bond donors (Lipinski definition) is 2. The third-order valence-electron chi connectivity index (χ3n) is 4.21. The lowest BCUT2D eigenvalue weighted by molar-refractivity contribution is 0.0167. The molecule has 1 aliphatic heterocycles. The summed E-state index contributed by atoms with van der Waals surface area (Å²) < 4.78 is 10.6. The van der Waals surface area contributed by atoms with E-state index in [9.17, 15) is 9.59 Å². The lowest BCUT2D eigenvalue weighted by atomic mass is 9.89. The number of alkyl carbamates (subject to hydrolysis) is 1. The second-order valence-corrected chi connectivity index (χ2v) is 7.75. The third-order valence-corrected chi connectivity index (χ3v) is 4.21. The second kappa shape index (κ2) is 8.40. The third kappa shape index (κ3) is 6.55. The SMILES string of the molecule is CC(C)(C)OC(=O)N1CCC(N)(CNC(=O)OCc2ccccc2)CC1. The van der Waals surface area contributed by atoms with Gasteiger partial charge in [0, 0.05) is 25.2 Å². The Labute approximate surface area is 154 Å². The molecule has 0 spiro atoms. The highest BCUT2D eigenvalue weighted by molar-refractivity contribution is 5.68. The maximum atomic E-state index is 12.1. The molecule has 3 N–H and O–H groups in total. The van der Waals surface area contributed by atoms with Crippen molar-refractivity contribution >= 4 is 12.2 Å². The molecule has 26 heavy (non-hydrogen) atoms. The van der Waals surface area contributed by atoms with Crippen molar-refractivity contribution < 1.29 is 19.1 Å². The number of amides is 2. The summed E-state index contributed by atoms with van der Waals surface area (Å²) in [6.07, 6.45) is 0.360. The first-order valence-corrected chi connectivity index (χ1v) is 8.88. The molecule has 2 amide bonds. The lowest BCUT2D eigenvalue weighted by Gasteiger charge is -2.39. The van der Waals surface area contributed by atoms with Crippen LogP contribution in [0.4, 0.5) is 9.59 Å². The number of ether oxygens (including phenoxy) is 2. The number of nitrogens with two attached hydrogens (primary N) is 1. The summed E-state index contributed by atoms with van der Waals surface area (Å²) in [7, 11) is 0. The zero-order valence-electron chi connectivity index (χ0n) is 15.8. The van der Waals surface area contributed by atoms with Crippen LogP contribution in [-0.2, 0) is 16.1 Å². The Morgan fingerprint density at radius 3 is 2.38 bits per heavy atom. The van der Waals surface area contributed by atoms with Gasteiger partial charge in [0.2, 0.25) is 0 Å². The normalized spacial score (nSPS) is 16.7. The Morgan fingerprint density at radius 2 is 1.81 bits per heavy atom. The molecule has 0 unspecified atom stereocenters. The van der Waals surface area contributed by atoms with Gasteiger partial charge in [-0.05, 0) is 39.2 Å². The Morgan fingerprint density at radius 1 is 1.19 bits per heavy atom. The average Bonchev–Trinajstić information content (AvgIpc) is 2.58. The molecule has 0 atom stereocenters. The maximum Gasteiger partial charge on any atom is 0.410 e. The van der Waals surface area contributed by atoms with Gasteiger partial charge in [-0.1, -0.05) is 30.3 Å². The van der Waals surface area contributed by atoms with Gasteiger partial charge in [0.05, 0.1) is 0 Å². The van der Waals surface area contributed by atoms with E-state index in [2.05, 4.69) is 5.32 Å². The van der Waals surface area contributed by atoms with Crippen molar-refractivity contribution in [3.05, 3.63) is 35.9 Å². The van der Waals surface area contributed by atoms with Crippen molar-refractivity contribution in [3.8, 4) is 0 Å². The van der Waals surface area contributed by atoms with Crippen LogP contribution in [0, 0.1) is 0 Å². The number of carbonyl (C=O) groups excluding carboxylic acids is 2. The molecule has 1 saturated heterocycles. The van der Waals surface area contributed by atoms with Gasteiger partial charge in [0.25, 0.3) is 0 Å². The minimum absolute atomic E-state index is 0.219. The predicted molar refractivity (Wildman–Crippen MR) is 98.6 cm³/mol. The molecule has 0 aromatic heterocycles. The predicted octanol–water partition coefficient (Wildman–Crippen LogP) is 2.64. The Kier molecular flexibility index (Phi) is 6.47. The average molecular weight is 363 g/mol. The Bertz CT molecular complexity index is 605. The van der Waals surface area contributed by atoms with Gasteiger partial charge in [-0.3, -0.25) is 0 Å². The smallest absolute Gasteiger partial charge is 0.410 e. The van der Waals surface area contributed by atoms with Gasteiger partial charge in [0.15, 0.2) is 0 Å². The zero-order chi connectivity index (χ0) is 19.2. The second-order valence-electron chi connectivity index (χ2n) is 7.75. The van der Waals surface area contributed by atoms with E-state index in [4.69, 9.17) is 15.2 Å². The Hall–Kier alpha value is -2.28. The van der Waals surface area contributed by atoms with Gasteiger partial charge in [-0.15, -0.1) is 0 Å². The summed E-state index contributed by atoms with van der Waals surface area (Å²) in [5, 5.41) is 2.72. The molecular weight excluding hydrogens is 334 g/mol. The number of likely N-dealkylation sites (tertiary alicyclic amines) is 1. The maximum absolute atomic E-state index is 12.1. The number of benzene rings is 1. The fourth-order valence-electron chi connectivity index (χ4n) is 2.66. The molecule has 1 aromatic rings. The van der Waals surface area contributed by atoms with Crippen LogP contribution in [0.3, 0.4) is 0 Å². The molecule has 1 aliphatic rings. The minimum atomic E-state index is -0.551. The minimum Gasteiger partial charge on any atom is -0.445 e. The first-order chi connectivity index (χ1) is 12.2. The molecule has 1 aromatic carbocycles. The summed E-state index contributed by atoms with van der Waals surface area (Å²) in [5.74, 6) is 0. The molecule has 144 valence electrons. The Balaban J connectivity index is 1.71. The molecule has 0 bridgehead atoms. The van der Waals surface area contributed by atoms with E-state index in [1.165, 1.54) is 0 Å². The van der Waals surface area contributed by atoms with Crippen molar-refractivity contribution in [2.45, 2.75) is 51.4 Å². The number of nitrogens with one attached hydrogen (secondary N) is 1. The van der Waals surface area contributed by atoms with Gasteiger partial charge in [-0.25, -0.2) is 9.59 Å². The van der Waals surface area contributed by atoms with E-state index in [0.717, 1.165) is 5.56 Å². The van der Waals surface area contributed by atoms with Crippen LogP contribution in [0.5, 0.6) is 0 Å². The molecule has 1 fully saturated rings. The highest BCUT2D eigenvalue weighted by Gasteiger charge is 2.34. The van der Waals surface area contributed by atoms with E-state index >= 15 is 0 Å². The zero-order valence-corrected chi connectivity index (χ0v) is 15.8. The number of nitrogens with zero attached hydrogens (tertiary/aromatic N) is 1. The van der Waals surface area contributed by atoms with Crippen LogP contribution in [0.2, 0.25) is 0 Å².